The lowest BCUT2D eigenvalue weighted by Crippen LogP contribution is -2.45. The fourth-order valence-electron chi connectivity index (χ4n) is 2.33. The maximum atomic E-state index is 5.30. The molecule has 2 aromatic carbocycles. The summed E-state index contributed by atoms with van der Waals surface area (Å²) >= 11 is 10.6. The van der Waals surface area contributed by atoms with E-state index in [-0.39, 0.29) is 0 Å². The molecule has 0 saturated heterocycles. The zero-order chi connectivity index (χ0) is 17.5. The van der Waals surface area contributed by atoms with Crippen molar-refractivity contribution >= 4 is 46.0 Å². The van der Waals surface area contributed by atoms with Gasteiger partial charge in [-0.2, -0.15) is 0 Å². The molecule has 4 nitrogen and oxygen atoms in total. The Labute approximate surface area is 154 Å². The van der Waals surface area contributed by atoms with Crippen LogP contribution in [0.15, 0.2) is 42.5 Å². The SMILES string of the molecule is CCc1ccccc1NC(=S)NNC(=S)Nc1ccc(C)cc1C. The fraction of sp³-hybridized carbons (Fsp3) is 0.222. The molecule has 126 valence electrons. The molecule has 0 bridgehead atoms. The van der Waals surface area contributed by atoms with E-state index < -0.39 is 0 Å². The van der Waals surface area contributed by atoms with Crippen LogP contribution in [0.4, 0.5) is 11.4 Å². The van der Waals surface area contributed by atoms with Crippen LogP contribution in [0.5, 0.6) is 0 Å². The number of anilines is 2. The number of hydrazine groups is 1. The van der Waals surface area contributed by atoms with Gasteiger partial charge in [-0.05, 0) is 68.0 Å². The summed E-state index contributed by atoms with van der Waals surface area (Å²) < 4.78 is 0. The summed E-state index contributed by atoms with van der Waals surface area (Å²) in [5.74, 6) is 0. The molecule has 0 aliphatic rings. The van der Waals surface area contributed by atoms with Gasteiger partial charge in [-0.1, -0.05) is 42.8 Å². The van der Waals surface area contributed by atoms with Crippen LogP contribution in [0, 0.1) is 13.8 Å². The molecule has 0 aliphatic carbocycles. The monoisotopic (exact) mass is 358 g/mol. The Morgan fingerprint density at radius 1 is 0.875 bits per heavy atom. The van der Waals surface area contributed by atoms with E-state index in [1.165, 1.54) is 11.1 Å². The Bertz CT molecular complexity index is 744. The van der Waals surface area contributed by atoms with E-state index in [2.05, 4.69) is 47.5 Å². The molecule has 4 N–H and O–H groups in total. The van der Waals surface area contributed by atoms with Crippen molar-refractivity contribution in [3.63, 3.8) is 0 Å². The first-order valence-corrected chi connectivity index (χ1v) is 8.60. The first-order chi connectivity index (χ1) is 11.5. The molecule has 0 unspecified atom stereocenters. The second-order valence-electron chi connectivity index (χ2n) is 5.49. The summed E-state index contributed by atoms with van der Waals surface area (Å²) in [4.78, 5) is 0. The summed E-state index contributed by atoms with van der Waals surface area (Å²) in [5.41, 5.74) is 11.3. The van der Waals surface area contributed by atoms with Gasteiger partial charge in [0.1, 0.15) is 0 Å². The molecule has 0 spiro atoms. The second-order valence-corrected chi connectivity index (χ2v) is 6.30. The van der Waals surface area contributed by atoms with Crippen molar-refractivity contribution in [1.82, 2.24) is 10.9 Å². The number of aryl methyl sites for hydroxylation is 3. The summed E-state index contributed by atoms with van der Waals surface area (Å²) in [6.07, 6.45) is 0.936. The van der Waals surface area contributed by atoms with Crippen molar-refractivity contribution in [2.75, 3.05) is 10.6 Å². The molecule has 2 rings (SSSR count). The molecular formula is C18H22N4S2. The largest absolute Gasteiger partial charge is 0.331 e. The van der Waals surface area contributed by atoms with Crippen molar-refractivity contribution in [2.45, 2.75) is 27.2 Å². The summed E-state index contributed by atoms with van der Waals surface area (Å²) in [7, 11) is 0. The predicted molar refractivity (Wildman–Crippen MR) is 110 cm³/mol. The molecular weight excluding hydrogens is 336 g/mol. The molecule has 0 atom stereocenters. The minimum Gasteiger partial charge on any atom is -0.331 e. The summed E-state index contributed by atoms with van der Waals surface area (Å²) in [6.45, 7) is 6.21. The van der Waals surface area contributed by atoms with Crippen LogP contribution < -0.4 is 21.5 Å². The van der Waals surface area contributed by atoms with Crippen molar-refractivity contribution in [3.05, 3.63) is 59.2 Å². The Morgan fingerprint density at radius 3 is 2.12 bits per heavy atom. The van der Waals surface area contributed by atoms with Gasteiger partial charge in [-0.25, -0.2) is 0 Å². The van der Waals surface area contributed by atoms with Gasteiger partial charge in [0.05, 0.1) is 0 Å². The average molecular weight is 359 g/mol. The molecule has 2 aromatic rings. The van der Waals surface area contributed by atoms with Crippen molar-refractivity contribution in [1.29, 1.82) is 0 Å². The first kappa shape index (κ1) is 18.2. The fourth-order valence-corrected chi connectivity index (χ4v) is 2.65. The minimum atomic E-state index is 0.454. The van der Waals surface area contributed by atoms with Gasteiger partial charge in [0.25, 0.3) is 0 Å². The van der Waals surface area contributed by atoms with E-state index in [1.807, 2.05) is 37.3 Å². The van der Waals surface area contributed by atoms with Gasteiger partial charge < -0.3 is 10.6 Å². The standard InChI is InChI=1S/C18H22N4S2/c1-4-14-7-5-6-8-16(14)20-18(24)22-21-17(23)19-15-10-9-12(2)11-13(15)3/h5-11H,4H2,1-3H3,(H2,19,21,23)(H2,20,22,24). The molecule has 0 fully saturated rings. The smallest absolute Gasteiger partial charge is 0.189 e. The van der Waals surface area contributed by atoms with Crippen molar-refractivity contribution in [2.24, 2.45) is 0 Å². The molecule has 0 aromatic heterocycles. The second kappa shape index (κ2) is 8.61. The van der Waals surface area contributed by atoms with Gasteiger partial charge >= 0.3 is 0 Å². The van der Waals surface area contributed by atoms with Crippen LogP contribution in [0.2, 0.25) is 0 Å². The maximum Gasteiger partial charge on any atom is 0.189 e. The molecule has 0 saturated carbocycles. The highest BCUT2D eigenvalue weighted by Gasteiger charge is 2.04. The zero-order valence-corrected chi connectivity index (χ0v) is 15.7. The van der Waals surface area contributed by atoms with E-state index in [1.54, 1.807) is 0 Å². The highest BCUT2D eigenvalue weighted by Crippen LogP contribution is 2.16. The number of para-hydroxylation sites is 1. The molecule has 0 aliphatic heterocycles. The normalized spacial score (nSPS) is 9.96. The van der Waals surface area contributed by atoms with Crippen LogP contribution in [0.25, 0.3) is 0 Å². The zero-order valence-electron chi connectivity index (χ0n) is 14.1. The van der Waals surface area contributed by atoms with Gasteiger partial charge in [0.2, 0.25) is 0 Å². The summed E-state index contributed by atoms with van der Waals surface area (Å²) in [6, 6.07) is 14.2. The third-order valence-electron chi connectivity index (χ3n) is 3.57. The van der Waals surface area contributed by atoms with Gasteiger partial charge in [-0.3, -0.25) is 10.9 Å². The lowest BCUT2D eigenvalue weighted by Gasteiger charge is -2.16. The highest BCUT2D eigenvalue weighted by atomic mass is 32.1. The Kier molecular flexibility index (Phi) is 6.52. The van der Waals surface area contributed by atoms with E-state index in [0.717, 1.165) is 23.4 Å². The lowest BCUT2D eigenvalue weighted by molar-refractivity contribution is 0.885. The minimum absolute atomic E-state index is 0.454. The Morgan fingerprint density at radius 2 is 1.50 bits per heavy atom. The van der Waals surface area contributed by atoms with Gasteiger partial charge in [0.15, 0.2) is 10.2 Å². The number of nitrogens with one attached hydrogen (secondary N) is 4. The molecule has 24 heavy (non-hydrogen) atoms. The number of rotatable bonds is 3. The Balaban J connectivity index is 1.86. The first-order valence-electron chi connectivity index (χ1n) is 7.78. The molecule has 6 heteroatoms. The van der Waals surface area contributed by atoms with Crippen LogP contribution in [-0.2, 0) is 6.42 Å². The third-order valence-corrected chi connectivity index (χ3v) is 3.97. The quantitative estimate of drug-likeness (QED) is 0.490. The van der Waals surface area contributed by atoms with E-state index in [9.17, 15) is 0 Å². The number of hydrogen-bond donors (Lipinski definition) is 4. The Hall–Kier alpha value is -2.18. The van der Waals surface area contributed by atoms with Crippen LogP contribution in [-0.4, -0.2) is 10.2 Å². The molecule has 0 radical (unpaired) electrons. The topological polar surface area (TPSA) is 48.1 Å². The van der Waals surface area contributed by atoms with E-state index >= 15 is 0 Å². The third kappa shape index (κ3) is 5.18. The van der Waals surface area contributed by atoms with Crippen LogP contribution >= 0.6 is 24.4 Å². The lowest BCUT2D eigenvalue weighted by atomic mass is 10.1. The van der Waals surface area contributed by atoms with Gasteiger partial charge in [-0.15, -0.1) is 0 Å². The number of hydrogen-bond acceptors (Lipinski definition) is 2. The summed E-state index contributed by atoms with van der Waals surface area (Å²) in [5, 5.41) is 7.23. The average Bonchev–Trinajstić information content (AvgIpc) is 2.56. The maximum absolute atomic E-state index is 5.30. The molecule has 0 heterocycles. The number of thiocarbonyl (C=S) groups is 2. The van der Waals surface area contributed by atoms with Gasteiger partial charge in [0, 0.05) is 11.4 Å². The predicted octanol–water partition coefficient (Wildman–Crippen LogP) is 4.05. The highest BCUT2D eigenvalue weighted by molar-refractivity contribution is 7.81. The van der Waals surface area contributed by atoms with Crippen LogP contribution in [0.3, 0.4) is 0 Å². The van der Waals surface area contributed by atoms with Crippen molar-refractivity contribution in [3.8, 4) is 0 Å². The van der Waals surface area contributed by atoms with Crippen molar-refractivity contribution < 1.29 is 0 Å². The van der Waals surface area contributed by atoms with E-state index in [0.29, 0.717) is 10.2 Å². The van der Waals surface area contributed by atoms with Crippen LogP contribution in [0.1, 0.15) is 23.6 Å². The number of benzene rings is 2. The molecule has 0 amide bonds. The van der Waals surface area contributed by atoms with E-state index in [4.69, 9.17) is 24.4 Å².